The van der Waals surface area contributed by atoms with Crippen LogP contribution in [-0.2, 0) is 0 Å². The number of nitrogens with zero attached hydrogens (tertiary/aromatic N) is 1. The molecule has 0 radical (unpaired) electrons. The highest BCUT2D eigenvalue weighted by Gasteiger charge is 2.49. The molecule has 1 aliphatic carbocycles. The molecule has 1 amide bonds. The fourth-order valence-electron chi connectivity index (χ4n) is 4.55. The normalized spacial score (nSPS) is 32.2. The summed E-state index contributed by atoms with van der Waals surface area (Å²) >= 11 is 6.55. The van der Waals surface area contributed by atoms with Gasteiger partial charge in [0.2, 0.25) is 0 Å². The number of rotatable bonds is 2. The summed E-state index contributed by atoms with van der Waals surface area (Å²) in [4.78, 5) is 13.7. The standard InChI is InChI=1S/C20H27ClN2O/c1-12-17-10-14(8-9-20(17,3)13(2)22-12)16-7-6-15(11-18(16)21)19(24)23(4)5/h6-7,11-12,14,17,22H,2,8-10H2,1,3-5H3. The van der Waals surface area contributed by atoms with Crippen molar-refractivity contribution in [3.8, 4) is 0 Å². The number of carbonyl (C=O) groups is 1. The van der Waals surface area contributed by atoms with E-state index in [1.54, 1.807) is 19.0 Å². The van der Waals surface area contributed by atoms with Crippen molar-refractivity contribution in [1.82, 2.24) is 10.2 Å². The maximum atomic E-state index is 12.1. The van der Waals surface area contributed by atoms with Gasteiger partial charge in [-0.3, -0.25) is 4.79 Å². The van der Waals surface area contributed by atoms with Gasteiger partial charge in [0.25, 0.3) is 5.91 Å². The minimum atomic E-state index is -0.00964. The predicted molar refractivity (Wildman–Crippen MR) is 99.4 cm³/mol. The van der Waals surface area contributed by atoms with Crippen LogP contribution in [0, 0.1) is 11.3 Å². The SMILES string of the molecule is C=C1NC(C)C2CC(c3ccc(C(=O)N(C)C)cc3Cl)CCC12C. The van der Waals surface area contributed by atoms with E-state index in [1.807, 2.05) is 18.2 Å². The third-order valence-electron chi connectivity index (χ3n) is 6.16. The Balaban J connectivity index is 1.84. The zero-order chi connectivity index (χ0) is 17.6. The van der Waals surface area contributed by atoms with Crippen LogP contribution in [0.3, 0.4) is 0 Å². The summed E-state index contributed by atoms with van der Waals surface area (Å²) in [7, 11) is 3.51. The van der Waals surface area contributed by atoms with Crippen LogP contribution in [-0.4, -0.2) is 30.9 Å². The molecule has 1 saturated heterocycles. The van der Waals surface area contributed by atoms with Gasteiger partial charge in [-0.2, -0.15) is 0 Å². The maximum Gasteiger partial charge on any atom is 0.253 e. The lowest BCUT2D eigenvalue weighted by molar-refractivity contribution is 0.0827. The minimum absolute atomic E-state index is 0.00964. The van der Waals surface area contributed by atoms with E-state index in [4.69, 9.17) is 11.6 Å². The van der Waals surface area contributed by atoms with Crippen LogP contribution in [0.4, 0.5) is 0 Å². The van der Waals surface area contributed by atoms with E-state index in [1.165, 1.54) is 11.3 Å². The number of benzene rings is 1. The third kappa shape index (κ3) is 2.73. The highest BCUT2D eigenvalue weighted by molar-refractivity contribution is 6.31. The number of halogens is 1. The highest BCUT2D eigenvalue weighted by Crippen LogP contribution is 2.55. The molecule has 2 fully saturated rings. The summed E-state index contributed by atoms with van der Waals surface area (Å²) in [6, 6.07) is 6.24. The molecular formula is C20H27ClN2O. The van der Waals surface area contributed by atoms with Crippen LogP contribution in [0.15, 0.2) is 30.5 Å². The smallest absolute Gasteiger partial charge is 0.253 e. The molecule has 4 atom stereocenters. The Morgan fingerprint density at radius 1 is 1.42 bits per heavy atom. The Morgan fingerprint density at radius 2 is 2.12 bits per heavy atom. The molecule has 130 valence electrons. The zero-order valence-corrected chi connectivity index (χ0v) is 15.8. The number of amides is 1. The second-order valence-electron chi connectivity index (χ2n) is 7.84. The monoisotopic (exact) mass is 346 g/mol. The van der Waals surface area contributed by atoms with Crippen molar-refractivity contribution < 1.29 is 4.79 Å². The number of nitrogens with one attached hydrogen (secondary N) is 1. The summed E-state index contributed by atoms with van der Waals surface area (Å²) in [5.41, 5.74) is 3.22. The lowest BCUT2D eigenvalue weighted by Crippen LogP contribution is -2.34. The molecule has 4 unspecified atom stereocenters. The average molecular weight is 347 g/mol. The Bertz CT molecular complexity index is 684. The topological polar surface area (TPSA) is 32.3 Å². The van der Waals surface area contributed by atoms with Gasteiger partial charge in [0, 0.05) is 41.8 Å². The van der Waals surface area contributed by atoms with Gasteiger partial charge in [0.15, 0.2) is 0 Å². The number of hydrogen-bond donors (Lipinski definition) is 1. The van der Waals surface area contributed by atoms with Crippen LogP contribution in [0.1, 0.15) is 54.9 Å². The fraction of sp³-hybridized carbons (Fsp3) is 0.550. The van der Waals surface area contributed by atoms with E-state index in [0.29, 0.717) is 28.5 Å². The van der Waals surface area contributed by atoms with Crippen molar-refractivity contribution >= 4 is 17.5 Å². The summed E-state index contributed by atoms with van der Waals surface area (Å²) in [5.74, 6) is 1.03. The molecule has 1 aromatic carbocycles. The summed E-state index contributed by atoms with van der Waals surface area (Å²) in [6.07, 6.45) is 3.36. The van der Waals surface area contributed by atoms with Crippen LogP contribution in [0.25, 0.3) is 0 Å². The van der Waals surface area contributed by atoms with E-state index in [0.717, 1.165) is 19.3 Å². The Hall–Kier alpha value is -1.48. The van der Waals surface area contributed by atoms with Gasteiger partial charge in [0.05, 0.1) is 0 Å². The van der Waals surface area contributed by atoms with Gasteiger partial charge in [-0.25, -0.2) is 0 Å². The molecule has 3 nitrogen and oxygen atoms in total. The van der Waals surface area contributed by atoms with Gasteiger partial charge in [0.1, 0.15) is 0 Å². The molecule has 0 bridgehead atoms. The molecule has 1 aliphatic heterocycles. The minimum Gasteiger partial charge on any atom is -0.386 e. The third-order valence-corrected chi connectivity index (χ3v) is 6.48. The lowest BCUT2D eigenvalue weighted by Gasteiger charge is -2.41. The Kier molecular flexibility index (Phi) is 4.41. The number of hydrogen-bond acceptors (Lipinski definition) is 2. The molecule has 24 heavy (non-hydrogen) atoms. The van der Waals surface area contributed by atoms with Gasteiger partial charge >= 0.3 is 0 Å². The van der Waals surface area contributed by atoms with E-state index in [2.05, 4.69) is 25.7 Å². The van der Waals surface area contributed by atoms with Crippen molar-refractivity contribution in [2.45, 2.75) is 45.1 Å². The second-order valence-corrected chi connectivity index (χ2v) is 8.25. The first-order chi connectivity index (χ1) is 11.2. The quantitative estimate of drug-likeness (QED) is 0.858. The largest absolute Gasteiger partial charge is 0.386 e. The average Bonchev–Trinajstić information content (AvgIpc) is 2.76. The van der Waals surface area contributed by atoms with Crippen molar-refractivity contribution in [3.05, 3.63) is 46.6 Å². The van der Waals surface area contributed by atoms with Gasteiger partial charge in [-0.15, -0.1) is 0 Å². The molecule has 4 heteroatoms. The Morgan fingerprint density at radius 3 is 2.75 bits per heavy atom. The molecule has 1 heterocycles. The maximum absolute atomic E-state index is 12.1. The van der Waals surface area contributed by atoms with E-state index in [-0.39, 0.29) is 11.3 Å². The molecule has 3 rings (SSSR count). The first-order valence-corrected chi connectivity index (χ1v) is 9.09. The van der Waals surface area contributed by atoms with E-state index in [9.17, 15) is 4.79 Å². The van der Waals surface area contributed by atoms with Crippen molar-refractivity contribution in [2.24, 2.45) is 11.3 Å². The van der Waals surface area contributed by atoms with Gasteiger partial charge in [-0.05, 0) is 55.7 Å². The second kappa shape index (κ2) is 6.11. The zero-order valence-electron chi connectivity index (χ0n) is 15.0. The van der Waals surface area contributed by atoms with E-state index < -0.39 is 0 Å². The highest BCUT2D eigenvalue weighted by atomic mass is 35.5. The summed E-state index contributed by atoms with van der Waals surface area (Å²) < 4.78 is 0. The van der Waals surface area contributed by atoms with Crippen LogP contribution in [0.5, 0.6) is 0 Å². The van der Waals surface area contributed by atoms with Gasteiger partial charge < -0.3 is 10.2 Å². The van der Waals surface area contributed by atoms with Crippen molar-refractivity contribution in [1.29, 1.82) is 0 Å². The van der Waals surface area contributed by atoms with E-state index >= 15 is 0 Å². The number of fused-ring (bicyclic) bond motifs is 1. The Labute approximate surface area is 150 Å². The predicted octanol–water partition coefficient (Wildman–Crippen LogP) is 4.44. The molecule has 2 aliphatic rings. The molecular weight excluding hydrogens is 320 g/mol. The van der Waals surface area contributed by atoms with Crippen molar-refractivity contribution in [3.63, 3.8) is 0 Å². The fourth-order valence-corrected chi connectivity index (χ4v) is 4.88. The number of carbonyl (C=O) groups excluding carboxylic acids is 1. The first kappa shape index (κ1) is 17.3. The molecule has 0 aromatic heterocycles. The lowest BCUT2D eigenvalue weighted by atomic mass is 9.62. The van der Waals surface area contributed by atoms with Crippen molar-refractivity contribution in [2.75, 3.05) is 14.1 Å². The molecule has 1 aromatic rings. The van der Waals surface area contributed by atoms with Crippen LogP contribution in [0.2, 0.25) is 5.02 Å². The van der Waals surface area contributed by atoms with Crippen LogP contribution >= 0.6 is 11.6 Å². The van der Waals surface area contributed by atoms with Crippen LogP contribution < -0.4 is 5.32 Å². The molecule has 1 saturated carbocycles. The number of allylic oxidation sites excluding steroid dienone is 1. The molecule has 0 spiro atoms. The summed E-state index contributed by atoms with van der Waals surface area (Å²) in [6.45, 7) is 8.84. The summed E-state index contributed by atoms with van der Waals surface area (Å²) in [5, 5.41) is 4.26. The molecule has 1 N–H and O–H groups in total. The first-order valence-electron chi connectivity index (χ1n) is 8.71. The van der Waals surface area contributed by atoms with Gasteiger partial charge in [-0.1, -0.05) is 31.2 Å².